The monoisotopic (exact) mass is 233 g/mol. The molecule has 90 valence electrons. The first-order valence-corrected chi connectivity index (χ1v) is 5.55. The van der Waals surface area contributed by atoms with E-state index in [0.717, 1.165) is 19.4 Å². The Balaban J connectivity index is 2.37. The summed E-state index contributed by atoms with van der Waals surface area (Å²) in [5.41, 5.74) is 0.842. The normalized spacial score (nSPS) is 9.82. The molecule has 0 radical (unpaired) electrons. The van der Waals surface area contributed by atoms with E-state index in [1.54, 1.807) is 18.2 Å². The molecule has 0 bridgehead atoms. The van der Waals surface area contributed by atoms with E-state index in [4.69, 9.17) is 5.26 Å². The van der Waals surface area contributed by atoms with Crippen molar-refractivity contribution in [3.05, 3.63) is 39.9 Å². The molecule has 0 heterocycles. The standard InChI is InChI=1S/C12H15N3O2/c13-8-4-1-5-9-14-10-11-6-2-3-7-12(11)15(16)17/h2-3,6-7,14H,1,4-5,9-10H2. The molecule has 0 spiro atoms. The van der Waals surface area contributed by atoms with Crippen LogP contribution in [-0.2, 0) is 6.54 Å². The second-order valence-corrected chi connectivity index (χ2v) is 3.68. The van der Waals surface area contributed by atoms with Gasteiger partial charge < -0.3 is 5.32 Å². The number of hydrogen-bond acceptors (Lipinski definition) is 4. The number of nitro benzene ring substituents is 1. The Kier molecular flexibility index (Phi) is 5.69. The van der Waals surface area contributed by atoms with E-state index >= 15 is 0 Å². The fourth-order valence-electron chi connectivity index (χ4n) is 1.52. The molecule has 0 aliphatic heterocycles. The minimum absolute atomic E-state index is 0.150. The quantitative estimate of drug-likeness (QED) is 0.445. The molecule has 0 aliphatic carbocycles. The predicted octanol–water partition coefficient (Wildman–Crippen LogP) is 2.38. The molecule has 0 amide bonds. The van der Waals surface area contributed by atoms with Crippen LogP contribution < -0.4 is 5.32 Å². The summed E-state index contributed by atoms with van der Waals surface area (Å²) < 4.78 is 0. The van der Waals surface area contributed by atoms with E-state index in [1.165, 1.54) is 6.07 Å². The van der Waals surface area contributed by atoms with Gasteiger partial charge in [-0.05, 0) is 19.4 Å². The Labute approximate surface area is 100 Å². The van der Waals surface area contributed by atoms with Gasteiger partial charge in [0.15, 0.2) is 0 Å². The first-order valence-electron chi connectivity index (χ1n) is 5.55. The Bertz CT molecular complexity index is 412. The number of nitriles is 1. The van der Waals surface area contributed by atoms with Crippen molar-refractivity contribution in [3.63, 3.8) is 0 Å². The van der Waals surface area contributed by atoms with E-state index in [2.05, 4.69) is 11.4 Å². The van der Waals surface area contributed by atoms with Crippen molar-refractivity contribution >= 4 is 5.69 Å². The summed E-state index contributed by atoms with van der Waals surface area (Å²) in [7, 11) is 0. The van der Waals surface area contributed by atoms with Crippen molar-refractivity contribution in [1.29, 1.82) is 5.26 Å². The largest absolute Gasteiger partial charge is 0.312 e. The van der Waals surface area contributed by atoms with Gasteiger partial charge in [-0.25, -0.2) is 0 Å². The van der Waals surface area contributed by atoms with Crippen LogP contribution in [0.4, 0.5) is 5.69 Å². The van der Waals surface area contributed by atoms with Crippen molar-refractivity contribution in [3.8, 4) is 6.07 Å². The molecule has 1 aromatic carbocycles. The molecule has 1 N–H and O–H groups in total. The zero-order valence-electron chi connectivity index (χ0n) is 9.56. The summed E-state index contributed by atoms with van der Waals surface area (Å²) in [6, 6.07) is 8.79. The third kappa shape index (κ3) is 4.62. The molecule has 0 aliphatic rings. The first-order chi connectivity index (χ1) is 8.25. The van der Waals surface area contributed by atoms with Crippen molar-refractivity contribution < 1.29 is 4.92 Å². The highest BCUT2D eigenvalue weighted by Crippen LogP contribution is 2.16. The Morgan fingerprint density at radius 3 is 2.82 bits per heavy atom. The number of nitro groups is 1. The molecule has 5 heteroatoms. The molecule has 0 atom stereocenters. The van der Waals surface area contributed by atoms with Gasteiger partial charge in [0.1, 0.15) is 0 Å². The van der Waals surface area contributed by atoms with Gasteiger partial charge in [0, 0.05) is 24.6 Å². The van der Waals surface area contributed by atoms with Gasteiger partial charge in [-0.2, -0.15) is 5.26 Å². The maximum atomic E-state index is 10.7. The zero-order chi connectivity index (χ0) is 12.5. The maximum Gasteiger partial charge on any atom is 0.273 e. The molecule has 1 rings (SSSR count). The molecule has 0 saturated carbocycles. The molecule has 0 aromatic heterocycles. The number of para-hydroxylation sites is 1. The molecular weight excluding hydrogens is 218 g/mol. The van der Waals surface area contributed by atoms with Crippen LogP contribution >= 0.6 is 0 Å². The lowest BCUT2D eigenvalue weighted by Crippen LogP contribution is -2.15. The minimum Gasteiger partial charge on any atom is -0.312 e. The molecular formula is C12H15N3O2. The van der Waals surface area contributed by atoms with Crippen LogP contribution in [0.25, 0.3) is 0 Å². The second-order valence-electron chi connectivity index (χ2n) is 3.68. The molecule has 17 heavy (non-hydrogen) atoms. The van der Waals surface area contributed by atoms with E-state index in [9.17, 15) is 10.1 Å². The highest BCUT2D eigenvalue weighted by atomic mass is 16.6. The summed E-state index contributed by atoms with van der Waals surface area (Å²) in [5.74, 6) is 0. The fourth-order valence-corrected chi connectivity index (χ4v) is 1.52. The zero-order valence-corrected chi connectivity index (χ0v) is 9.56. The Hall–Kier alpha value is -1.93. The molecule has 0 saturated heterocycles. The van der Waals surface area contributed by atoms with Crippen molar-refractivity contribution in [2.75, 3.05) is 6.54 Å². The summed E-state index contributed by atoms with van der Waals surface area (Å²) in [6.07, 6.45) is 2.34. The van der Waals surface area contributed by atoms with Crippen LogP contribution in [-0.4, -0.2) is 11.5 Å². The van der Waals surface area contributed by atoms with Crippen LogP contribution in [0.5, 0.6) is 0 Å². The average molecular weight is 233 g/mol. The smallest absolute Gasteiger partial charge is 0.273 e. The molecule has 0 unspecified atom stereocenters. The number of hydrogen-bond donors (Lipinski definition) is 1. The molecule has 0 fully saturated rings. The lowest BCUT2D eigenvalue weighted by molar-refractivity contribution is -0.385. The maximum absolute atomic E-state index is 10.7. The lowest BCUT2D eigenvalue weighted by atomic mass is 10.2. The second kappa shape index (κ2) is 7.36. The molecule has 5 nitrogen and oxygen atoms in total. The van der Waals surface area contributed by atoms with Crippen LogP contribution in [0.1, 0.15) is 24.8 Å². The molecule has 1 aromatic rings. The van der Waals surface area contributed by atoms with Crippen LogP contribution in [0, 0.1) is 21.4 Å². The van der Waals surface area contributed by atoms with Crippen molar-refractivity contribution in [2.24, 2.45) is 0 Å². The van der Waals surface area contributed by atoms with E-state index in [1.807, 2.05) is 0 Å². The van der Waals surface area contributed by atoms with Gasteiger partial charge in [0.25, 0.3) is 5.69 Å². The van der Waals surface area contributed by atoms with Gasteiger partial charge in [0.05, 0.1) is 11.0 Å². The van der Waals surface area contributed by atoms with Crippen LogP contribution in [0.2, 0.25) is 0 Å². The number of nitrogens with one attached hydrogen (secondary N) is 1. The number of rotatable bonds is 7. The minimum atomic E-state index is -0.368. The summed E-state index contributed by atoms with van der Waals surface area (Å²) in [5, 5.41) is 22.2. The topological polar surface area (TPSA) is 79.0 Å². The average Bonchev–Trinajstić information content (AvgIpc) is 2.34. The number of benzene rings is 1. The van der Waals surface area contributed by atoms with Crippen LogP contribution in [0.15, 0.2) is 24.3 Å². The third-order valence-corrected chi connectivity index (χ3v) is 2.40. The van der Waals surface area contributed by atoms with Gasteiger partial charge in [-0.15, -0.1) is 0 Å². The predicted molar refractivity (Wildman–Crippen MR) is 64.3 cm³/mol. The van der Waals surface area contributed by atoms with E-state index in [-0.39, 0.29) is 10.6 Å². The first kappa shape index (κ1) is 13.1. The van der Waals surface area contributed by atoms with Gasteiger partial charge in [-0.3, -0.25) is 10.1 Å². The highest BCUT2D eigenvalue weighted by Gasteiger charge is 2.10. The van der Waals surface area contributed by atoms with Crippen LogP contribution in [0.3, 0.4) is 0 Å². The van der Waals surface area contributed by atoms with Gasteiger partial charge >= 0.3 is 0 Å². The van der Waals surface area contributed by atoms with E-state index in [0.29, 0.717) is 18.5 Å². The fraction of sp³-hybridized carbons (Fsp3) is 0.417. The van der Waals surface area contributed by atoms with E-state index < -0.39 is 0 Å². The number of unbranched alkanes of at least 4 members (excludes halogenated alkanes) is 2. The summed E-state index contributed by atoms with van der Waals surface area (Å²) in [4.78, 5) is 10.4. The van der Waals surface area contributed by atoms with Crippen molar-refractivity contribution in [2.45, 2.75) is 25.8 Å². The Morgan fingerprint density at radius 2 is 2.12 bits per heavy atom. The third-order valence-electron chi connectivity index (χ3n) is 2.40. The highest BCUT2D eigenvalue weighted by molar-refractivity contribution is 5.39. The van der Waals surface area contributed by atoms with Gasteiger partial charge in [0.2, 0.25) is 0 Å². The SMILES string of the molecule is N#CCCCCNCc1ccccc1[N+](=O)[O-]. The Morgan fingerprint density at radius 1 is 1.35 bits per heavy atom. The summed E-state index contributed by atoms with van der Waals surface area (Å²) in [6.45, 7) is 1.26. The summed E-state index contributed by atoms with van der Waals surface area (Å²) >= 11 is 0. The van der Waals surface area contributed by atoms with Gasteiger partial charge in [-0.1, -0.05) is 18.2 Å². The lowest BCUT2D eigenvalue weighted by Gasteiger charge is -2.04. The van der Waals surface area contributed by atoms with Crippen molar-refractivity contribution in [1.82, 2.24) is 5.32 Å². The number of nitrogens with zero attached hydrogens (tertiary/aromatic N) is 2.